The second-order valence-electron chi connectivity index (χ2n) is 5.02. The number of thioether (sulfide) groups is 1. The van der Waals surface area contributed by atoms with Crippen molar-refractivity contribution in [1.29, 1.82) is 0 Å². The van der Waals surface area contributed by atoms with E-state index in [-0.39, 0.29) is 5.91 Å². The van der Waals surface area contributed by atoms with Gasteiger partial charge in [-0.15, -0.1) is 0 Å². The molecule has 0 radical (unpaired) electrons. The van der Waals surface area contributed by atoms with E-state index in [0.717, 1.165) is 29.6 Å². The van der Waals surface area contributed by atoms with Crippen LogP contribution in [0.15, 0.2) is 47.8 Å². The molecule has 1 aromatic carbocycles. The molecule has 1 fully saturated rings. The first-order chi connectivity index (χ1) is 11.3. The molecule has 3 rings (SSSR count). The Hall–Kier alpha value is -2.12. The molecule has 0 bridgehead atoms. The Morgan fingerprint density at radius 2 is 2.00 bits per heavy atom. The quantitative estimate of drug-likeness (QED) is 0.668. The van der Waals surface area contributed by atoms with Crippen molar-refractivity contribution >= 4 is 29.2 Å². The number of anilines is 2. The van der Waals surface area contributed by atoms with E-state index >= 15 is 0 Å². The monoisotopic (exact) mass is 330 g/mol. The molecule has 1 amide bonds. The second-order valence-corrected chi connectivity index (χ2v) is 6.01. The molecule has 1 N–H and O–H groups in total. The molecule has 0 unspecified atom stereocenters. The first kappa shape index (κ1) is 15.8. The van der Waals surface area contributed by atoms with Gasteiger partial charge in [0.15, 0.2) is 0 Å². The van der Waals surface area contributed by atoms with E-state index in [9.17, 15) is 4.79 Å². The number of morpholine rings is 1. The minimum Gasteiger partial charge on any atom is -0.378 e. The van der Waals surface area contributed by atoms with Gasteiger partial charge in [-0.2, -0.15) is 0 Å². The molecule has 0 aliphatic carbocycles. The van der Waals surface area contributed by atoms with Gasteiger partial charge in [0.25, 0.3) is 0 Å². The van der Waals surface area contributed by atoms with Crippen molar-refractivity contribution in [3.8, 4) is 0 Å². The Kier molecular flexibility index (Phi) is 5.44. The van der Waals surface area contributed by atoms with Crippen molar-refractivity contribution < 1.29 is 9.53 Å². The highest BCUT2D eigenvalue weighted by Gasteiger charge is 2.13. The van der Waals surface area contributed by atoms with Crippen LogP contribution >= 0.6 is 11.8 Å². The van der Waals surface area contributed by atoms with Gasteiger partial charge in [0, 0.05) is 24.8 Å². The number of carbonyl (C=O) groups is 1. The van der Waals surface area contributed by atoms with Gasteiger partial charge < -0.3 is 15.0 Å². The van der Waals surface area contributed by atoms with Crippen molar-refractivity contribution in [2.45, 2.75) is 5.03 Å². The van der Waals surface area contributed by atoms with Gasteiger partial charge in [-0.05, 0) is 12.1 Å². The van der Waals surface area contributed by atoms with Gasteiger partial charge in [-0.3, -0.25) is 4.79 Å². The van der Waals surface area contributed by atoms with Crippen LogP contribution in [0.4, 0.5) is 11.5 Å². The van der Waals surface area contributed by atoms with Crippen LogP contribution < -0.4 is 10.2 Å². The Morgan fingerprint density at radius 1 is 1.22 bits per heavy atom. The molecule has 0 saturated carbocycles. The predicted octanol–water partition coefficient (Wildman–Crippen LogP) is 2.04. The van der Waals surface area contributed by atoms with E-state index in [1.807, 2.05) is 36.4 Å². The van der Waals surface area contributed by atoms with E-state index in [4.69, 9.17) is 4.74 Å². The third kappa shape index (κ3) is 4.67. The molecular formula is C16H18N4O2S. The molecule has 1 aliphatic rings. The van der Waals surface area contributed by atoms with E-state index in [0.29, 0.717) is 19.0 Å². The molecule has 2 heterocycles. The first-order valence-corrected chi connectivity index (χ1v) is 8.42. The summed E-state index contributed by atoms with van der Waals surface area (Å²) in [5, 5.41) is 3.66. The van der Waals surface area contributed by atoms with Crippen LogP contribution in [0.5, 0.6) is 0 Å². The first-order valence-electron chi connectivity index (χ1n) is 7.44. The lowest BCUT2D eigenvalue weighted by Gasteiger charge is -2.27. The zero-order valence-corrected chi connectivity index (χ0v) is 13.5. The third-order valence-electron chi connectivity index (χ3n) is 3.37. The fourth-order valence-electron chi connectivity index (χ4n) is 2.23. The Balaban J connectivity index is 1.54. The number of ether oxygens (including phenoxy) is 1. The topological polar surface area (TPSA) is 67.4 Å². The van der Waals surface area contributed by atoms with Crippen LogP contribution in [0.3, 0.4) is 0 Å². The van der Waals surface area contributed by atoms with E-state index in [1.165, 1.54) is 11.8 Å². The summed E-state index contributed by atoms with van der Waals surface area (Å²) in [7, 11) is 0. The van der Waals surface area contributed by atoms with E-state index in [2.05, 4.69) is 20.2 Å². The van der Waals surface area contributed by atoms with Gasteiger partial charge in [-0.25, -0.2) is 9.97 Å². The molecule has 120 valence electrons. The standard InChI is InChI=1S/C16H18N4O2S/c21-15(19-13-4-2-1-3-5-13)11-23-16-10-14(17-12-18-16)20-6-8-22-9-7-20/h1-5,10,12H,6-9,11H2,(H,19,21). The minimum atomic E-state index is -0.0484. The largest absolute Gasteiger partial charge is 0.378 e. The lowest BCUT2D eigenvalue weighted by Crippen LogP contribution is -2.36. The molecule has 0 spiro atoms. The van der Waals surface area contributed by atoms with Crippen LogP contribution in [0.25, 0.3) is 0 Å². The van der Waals surface area contributed by atoms with Gasteiger partial charge in [0.05, 0.1) is 19.0 Å². The number of amides is 1. The highest BCUT2D eigenvalue weighted by atomic mass is 32.2. The number of hydrogen-bond donors (Lipinski definition) is 1. The normalized spacial score (nSPS) is 14.5. The number of hydrogen-bond acceptors (Lipinski definition) is 6. The van der Waals surface area contributed by atoms with Crippen LogP contribution in [-0.2, 0) is 9.53 Å². The number of nitrogens with zero attached hydrogens (tertiary/aromatic N) is 3. The molecular weight excluding hydrogens is 312 g/mol. The van der Waals surface area contributed by atoms with Crippen molar-refractivity contribution in [3.05, 3.63) is 42.7 Å². The summed E-state index contributed by atoms with van der Waals surface area (Å²) in [6, 6.07) is 11.3. The predicted molar refractivity (Wildman–Crippen MR) is 90.9 cm³/mol. The van der Waals surface area contributed by atoms with Gasteiger partial charge in [0.1, 0.15) is 17.2 Å². The minimum absolute atomic E-state index is 0.0484. The summed E-state index contributed by atoms with van der Waals surface area (Å²) in [4.78, 5) is 22.7. The highest BCUT2D eigenvalue weighted by Crippen LogP contribution is 2.20. The van der Waals surface area contributed by atoms with Crippen molar-refractivity contribution in [2.75, 3.05) is 42.3 Å². The molecule has 1 aromatic heterocycles. The summed E-state index contributed by atoms with van der Waals surface area (Å²) in [6.45, 7) is 3.09. The van der Waals surface area contributed by atoms with Crippen LogP contribution in [0.2, 0.25) is 0 Å². The third-order valence-corrected chi connectivity index (χ3v) is 4.30. The van der Waals surface area contributed by atoms with Crippen LogP contribution in [0.1, 0.15) is 0 Å². The maximum Gasteiger partial charge on any atom is 0.234 e. The molecule has 6 nitrogen and oxygen atoms in total. The van der Waals surface area contributed by atoms with Gasteiger partial charge >= 0.3 is 0 Å². The Bertz CT molecular complexity index is 648. The zero-order chi connectivity index (χ0) is 15.9. The lowest BCUT2D eigenvalue weighted by atomic mass is 10.3. The van der Waals surface area contributed by atoms with Crippen molar-refractivity contribution in [2.24, 2.45) is 0 Å². The molecule has 2 aromatic rings. The SMILES string of the molecule is O=C(CSc1cc(N2CCOCC2)ncn1)Nc1ccccc1. The van der Waals surface area contributed by atoms with Crippen LogP contribution in [0, 0.1) is 0 Å². The fraction of sp³-hybridized carbons (Fsp3) is 0.312. The number of aromatic nitrogens is 2. The molecule has 23 heavy (non-hydrogen) atoms. The van der Waals surface area contributed by atoms with Crippen molar-refractivity contribution in [3.63, 3.8) is 0 Å². The fourth-order valence-corrected chi connectivity index (χ4v) is 2.89. The second kappa shape index (κ2) is 7.94. The zero-order valence-electron chi connectivity index (χ0n) is 12.6. The molecule has 0 atom stereocenters. The number of nitrogens with one attached hydrogen (secondary N) is 1. The molecule has 7 heteroatoms. The summed E-state index contributed by atoms with van der Waals surface area (Å²) in [5.74, 6) is 1.15. The number of para-hydroxylation sites is 1. The molecule has 1 aliphatic heterocycles. The van der Waals surface area contributed by atoms with Gasteiger partial charge in [-0.1, -0.05) is 30.0 Å². The Morgan fingerprint density at radius 3 is 2.78 bits per heavy atom. The van der Waals surface area contributed by atoms with E-state index in [1.54, 1.807) is 6.33 Å². The summed E-state index contributed by atoms with van der Waals surface area (Å²) in [5.41, 5.74) is 0.801. The van der Waals surface area contributed by atoms with Crippen LogP contribution in [-0.4, -0.2) is 47.9 Å². The Labute approximate surface area is 139 Å². The average molecular weight is 330 g/mol. The number of rotatable bonds is 5. The summed E-state index contributed by atoms with van der Waals surface area (Å²) in [6.07, 6.45) is 1.54. The molecule has 1 saturated heterocycles. The summed E-state index contributed by atoms with van der Waals surface area (Å²) >= 11 is 1.40. The average Bonchev–Trinajstić information content (AvgIpc) is 2.62. The highest BCUT2D eigenvalue weighted by molar-refractivity contribution is 7.99. The van der Waals surface area contributed by atoms with Crippen molar-refractivity contribution in [1.82, 2.24) is 9.97 Å². The maximum atomic E-state index is 12.0. The number of carbonyl (C=O) groups excluding carboxylic acids is 1. The lowest BCUT2D eigenvalue weighted by molar-refractivity contribution is -0.113. The van der Waals surface area contributed by atoms with Gasteiger partial charge in [0.2, 0.25) is 5.91 Å². The van der Waals surface area contributed by atoms with E-state index < -0.39 is 0 Å². The number of benzene rings is 1. The smallest absolute Gasteiger partial charge is 0.234 e. The maximum absolute atomic E-state index is 12.0. The summed E-state index contributed by atoms with van der Waals surface area (Å²) < 4.78 is 5.34.